The van der Waals surface area contributed by atoms with Crippen molar-refractivity contribution in [2.75, 3.05) is 38.4 Å². The lowest BCUT2D eigenvalue weighted by Crippen LogP contribution is -2.44. The molecule has 1 fully saturated rings. The molecule has 0 spiro atoms. The average Bonchev–Trinajstić information content (AvgIpc) is 2.86. The van der Waals surface area contributed by atoms with Crippen LogP contribution in [0.3, 0.4) is 0 Å². The summed E-state index contributed by atoms with van der Waals surface area (Å²) in [6.45, 7) is 2.84. The van der Waals surface area contributed by atoms with Crippen molar-refractivity contribution < 1.29 is 17.9 Å². The molecular formula is C26H30N4O4S. The molecular weight excluding hydrogens is 464 g/mol. The highest BCUT2D eigenvalue weighted by atomic mass is 32.2. The standard InChI is InChI=1S/C26H30N4O4S/c1-18-15-20(17-28-24(18)27)19-7-9-21(10-8-19)26(11-13-34-14-12-26)25(31)29-22-5-4-6-23(16-22)35(32,33)30(2)3/h4-10,15-17H,11-14H2,1-3H3,(H2,27,28)(H,29,31). The molecule has 1 amide bonds. The molecule has 0 unspecified atom stereocenters. The molecule has 3 aromatic rings. The number of aryl methyl sites for hydroxylation is 1. The van der Waals surface area contributed by atoms with E-state index in [-0.39, 0.29) is 10.8 Å². The molecule has 0 saturated carbocycles. The maximum Gasteiger partial charge on any atom is 0.242 e. The van der Waals surface area contributed by atoms with Gasteiger partial charge in [0.25, 0.3) is 0 Å². The molecule has 0 atom stereocenters. The van der Waals surface area contributed by atoms with Crippen LogP contribution in [-0.4, -0.2) is 50.9 Å². The first-order valence-corrected chi connectivity index (χ1v) is 12.8. The van der Waals surface area contributed by atoms with Crippen LogP contribution >= 0.6 is 0 Å². The molecule has 3 N–H and O–H groups in total. The predicted molar refractivity (Wildman–Crippen MR) is 136 cm³/mol. The van der Waals surface area contributed by atoms with Crippen LogP contribution in [0.5, 0.6) is 0 Å². The van der Waals surface area contributed by atoms with Crippen LogP contribution in [0.2, 0.25) is 0 Å². The summed E-state index contributed by atoms with van der Waals surface area (Å²) in [4.78, 5) is 18.0. The first-order chi connectivity index (χ1) is 16.6. The summed E-state index contributed by atoms with van der Waals surface area (Å²) in [5.41, 5.74) is 9.22. The number of pyridine rings is 1. The third-order valence-electron chi connectivity index (χ3n) is 6.54. The summed E-state index contributed by atoms with van der Waals surface area (Å²) in [5.74, 6) is 0.323. The predicted octanol–water partition coefficient (Wildman–Crippen LogP) is 3.58. The van der Waals surface area contributed by atoms with Crippen LogP contribution in [0.15, 0.2) is 65.7 Å². The number of nitrogens with one attached hydrogen (secondary N) is 1. The molecule has 8 nitrogen and oxygen atoms in total. The van der Waals surface area contributed by atoms with E-state index in [4.69, 9.17) is 10.5 Å². The number of nitrogen functional groups attached to an aromatic ring is 1. The number of carbonyl (C=O) groups excluding carboxylic acids is 1. The van der Waals surface area contributed by atoms with Gasteiger partial charge in [0.2, 0.25) is 15.9 Å². The number of aromatic nitrogens is 1. The molecule has 0 radical (unpaired) electrons. The normalized spacial score (nSPS) is 15.7. The maximum atomic E-state index is 13.7. The van der Waals surface area contributed by atoms with Gasteiger partial charge in [-0.2, -0.15) is 0 Å². The lowest BCUT2D eigenvalue weighted by molar-refractivity contribution is -0.125. The van der Waals surface area contributed by atoms with Crippen LogP contribution in [0.1, 0.15) is 24.0 Å². The van der Waals surface area contributed by atoms with Crippen molar-refractivity contribution in [3.05, 3.63) is 71.9 Å². The second kappa shape index (κ2) is 9.77. The van der Waals surface area contributed by atoms with Gasteiger partial charge in [0.15, 0.2) is 0 Å². The van der Waals surface area contributed by atoms with E-state index in [0.29, 0.717) is 37.6 Å². The van der Waals surface area contributed by atoms with Gasteiger partial charge in [0.1, 0.15) is 5.82 Å². The van der Waals surface area contributed by atoms with Crippen molar-refractivity contribution in [3.63, 3.8) is 0 Å². The Morgan fingerprint density at radius 2 is 1.74 bits per heavy atom. The van der Waals surface area contributed by atoms with Gasteiger partial charge in [0, 0.05) is 44.8 Å². The summed E-state index contributed by atoms with van der Waals surface area (Å²) >= 11 is 0. The Morgan fingerprint density at radius 1 is 1.06 bits per heavy atom. The zero-order chi connectivity index (χ0) is 25.2. The van der Waals surface area contributed by atoms with Gasteiger partial charge in [-0.1, -0.05) is 30.3 Å². The number of hydrogen-bond acceptors (Lipinski definition) is 6. The Balaban J connectivity index is 1.64. The van der Waals surface area contributed by atoms with Crippen molar-refractivity contribution in [3.8, 4) is 11.1 Å². The number of ether oxygens (including phenoxy) is 1. The van der Waals surface area contributed by atoms with Gasteiger partial charge in [-0.15, -0.1) is 0 Å². The monoisotopic (exact) mass is 494 g/mol. The zero-order valence-electron chi connectivity index (χ0n) is 20.1. The Labute approximate surface area is 206 Å². The largest absolute Gasteiger partial charge is 0.383 e. The molecule has 9 heteroatoms. The number of anilines is 2. The number of nitrogens with two attached hydrogens (primary N) is 1. The highest BCUT2D eigenvalue weighted by Crippen LogP contribution is 2.37. The lowest BCUT2D eigenvalue weighted by Gasteiger charge is -2.36. The van der Waals surface area contributed by atoms with Crippen molar-refractivity contribution in [2.24, 2.45) is 0 Å². The van der Waals surface area contributed by atoms with E-state index < -0.39 is 15.4 Å². The molecule has 4 rings (SSSR count). The van der Waals surface area contributed by atoms with Gasteiger partial charge >= 0.3 is 0 Å². The molecule has 0 bridgehead atoms. The quantitative estimate of drug-likeness (QED) is 0.541. The first-order valence-electron chi connectivity index (χ1n) is 11.4. The van der Waals surface area contributed by atoms with Gasteiger partial charge < -0.3 is 15.8 Å². The summed E-state index contributed by atoms with van der Waals surface area (Å²) < 4.78 is 31.8. The fourth-order valence-electron chi connectivity index (χ4n) is 4.29. The van der Waals surface area contributed by atoms with Gasteiger partial charge in [-0.25, -0.2) is 17.7 Å². The van der Waals surface area contributed by atoms with Crippen LogP contribution in [-0.2, 0) is 25.0 Å². The number of sulfonamides is 1. The molecule has 2 heterocycles. The van der Waals surface area contributed by atoms with Crippen LogP contribution in [0, 0.1) is 6.92 Å². The van der Waals surface area contributed by atoms with E-state index >= 15 is 0 Å². The number of hydrogen-bond donors (Lipinski definition) is 2. The summed E-state index contributed by atoms with van der Waals surface area (Å²) in [7, 11) is -0.665. The second-order valence-corrected chi connectivity index (χ2v) is 11.1. The van der Waals surface area contributed by atoms with E-state index in [9.17, 15) is 13.2 Å². The molecule has 184 valence electrons. The number of nitrogens with zero attached hydrogens (tertiary/aromatic N) is 2. The Kier molecular flexibility index (Phi) is 6.93. The number of amides is 1. The van der Waals surface area contributed by atoms with E-state index in [0.717, 1.165) is 26.6 Å². The molecule has 2 aromatic carbocycles. The number of rotatable bonds is 6. The summed E-state index contributed by atoms with van der Waals surface area (Å²) in [5, 5.41) is 2.96. The van der Waals surface area contributed by atoms with Crippen molar-refractivity contribution in [2.45, 2.75) is 30.1 Å². The van der Waals surface area contributed by atoms with E-state index in [1.54, 1.807) is 18.3 Å². The molecule has 1 aliphatic rings. The fraction of sp³-hybridized carbons (Fsp3) is 0.308. The molecule has 0 aliphatic carbocycles. The van der Waals surface area contributed by atoms with Crippen molar-refractivity contribution >= 4 is 27.4 Å². The third-order valence-corrected chi connectivity index (χ3v) is 8.35. The minimum absolute atomic E-state index is 0.123. The van der Waals surface area contributed by atoms with Gasteiger partial charge in [-0.05, 0) is 60.7 Å². The topological polar surface area (TPSA) is 115 Å². The molecule has 35 heavy (non-hydrogen) atoms. The Bertz CT molecular complexity index is 1330. The van der Waals surface area contributed by atoms with E-state index in [1.807, 2.05) is 37.3 Å². The zero-order valence-corrected chi connectivity index (χ0v) is 20.9. The number of carbonyl (C=O) groups is 1. The lowest BCUT2D eigenvalue weighted by atomic mass is 9.73. The highest BCUT2D eigenvalue weighted by molar-refractivity contribution is 7.89. The molecule has 1 aliphatic heterocycles. The Morgan fingerprint density at radius 3 is 2.37 bits per heavy atom. The minimum atomic E-state index is -3.62. The molecule has 1 aromatic heterocycles. The van der Waals surface area contributed by atoms with E-state index in [2.05, 4.69) is 10.3 Å². The minimum Gasteiger partial charge on any atom is -0.383 e. The average molecular weight is 495 g/mol. The summed E-state index contributed by atoms with van der Waals surface area (Å²) in [6.07, 6.45) is 2.79. The van der Waals surface area contributed by atoms with E-state index in [1.165, 1.54) is 26.2 Å². The van der Waals surface area contributed by atoms with Crippen LogP contribution in [0.4, 0.5) is 11.5 Å². The first kappa shape index (κ1) is 24.8. The van der Waals surface area contributed by atoms with Crippen molar-refractivity contribution in [1.82, 2.24) is 9.29 Å². The van der Waals surface area contributed by atoms with Crippen LogP contribution in [0.25, 0.3) is 11.1 Å². The van der Waals surface area contributed by atoms with Gasteiger partial charge in [-0.3, -0.25) is 4.79 Å². The SMILES string of the molecule is Cc1cc(-c2ccc(C3(C(=O)Nc4cccc(S(=O)(=O)N(C)C)c4)CCOCC3)cc2)cnc1N. The maximum absolute atomic E-state index is 13.7. The fourth-order valence-corrected chi connectivity index (χ4v) is 5.24. The Hall–Kier alpha value is -3.27. The second-order valence-electron chi connectivity index (χ2n) is 8.97. The highest BCUT2D eigenvalue weighted by Gasteiger charge is 2.41. The van der Waals surface area contributed by atoms with Gasteiger partial charge in [0.05, 0.1) is 10.3 Å². The van der Waals surface area contributed by atoms with Crippen molar-refractivity contribution in [1.29, 1.82) is 0 Å². The molecule has 1 saturated heterocycles. The summed E-state index contributed by atoms with van der Waals surface area (Å²) in [6, 6.07) is 16.2. The third kappa shape index (κ3) is 4.93. The number of benzene rings is 2. The van der Waals surface area contributed by atoms with Crippen LogP contribution < -0.4 is 11.1 Å². The smallest absolute Gasteiger partial charge is 0.242 e.